The third-order valence-corrected chi connectivity index (χ3v) is 3.95. The van der Waals surface area contributed by atoms with Gasteiger partial charge in [0.05, 0.1) is 5.69 Å². The Balaban J connectivity index is 2.11. The van der Waals surface area contributed by atoms with E-state index in [2.05, 4.69) is 39.8 Å². The highest BCUT2D eigenvalue weighted by Crippen LogP contribution is 2.29. The van der Waals surface area contributed by atoms with Crippen LogP contribution in [0.25, 0.3) is 16.9 Å². The molecule has 3 aromatic rings. The first-order valence-corrected chi connectivity index (χ1v) is 6.97. The van der Waals surface area contributed by atoms with Crippen LogP contribution in [-0.4, -0.2) is 16.4 Å². The highest BCUT2D eigenvalue weighted by molar-refractivity contribution is 6.31. The monoisotopic (exact) mass is 285 g/mol. The minimum Gasteiger partial charge on any atom is -0.313 e. The van der Waals surface area contributed by atoms with Crippen LogP contribution in [0.2, 0.25) is 5.02 Å². The number of aromatic nitrogens is 2. The van der Waals surface area contributed by atoms with Gasteiger partial charge in [-0.25, -0.2) is 4.98 Å². The van der Waals surface area contributed by atoms with E-state index in [1.165, 1.54) is 0 Å². The Morgan fingerprint density at radius 2 is 2.10 bits per heavy atom. The molecule has 0 aliphatic carbocycles. The highest BCUT2D eigenvalue weighted by atomic mass is 35.5. The quantitative estimate of drug-likeness (QED) is 0.790. The molecule has 2 heterocycles. The van der Waals surface area contributed by atoms with E-state index in [4.69, 9.17) is 11.6 Å². The zero-order valence-corrected chi connectivity index (χ0v) is 12.2. The zero-order valence-electron chi connectivity index (χ0n) is 11.5. The van der Waals surface area contributed by atoms with Gasteiger partial charge in [-0.2, -0.15) is 0 Å². The molecule has 3 rings (SSSR count). The van der Waals surface area contributed by atoms with E-state index in [9.17, 15) is 0 Å². The van der Waals surface area contributed by atoms with Crippen LogP contribution < -0.4 is 5.32 Å². The second-order valence-corrected chi connectivity index (χ2v) is 5.22. The van der Waals surface area contributed by atoms with Crippen molar-refractivity contribution in [3.8, 4) is 11.3 Å². The number of pyridine rings is 1. The van der Waals surface area contributed by atoms with Crippen LogP contribution >= 0.6 is 11.6 Å². The lowest BCUT2D eigenvalue weighted by atomic mass is 10.0. The van der Waals surface area contributed by atoms with Gasteiger partial charge in [-0.05, 0) is 37.7 Å². The molecule has 20 heavy (non-hydrogen) atoms. The smallest absolute Gasteiger partial charge is 0.137 e. The molecule has 0 saturated heterocycles. The number of benzene rings is 1. The molecule has 0 bridgehead atoms. The molecule has 0 aliphatic heterocycles. The summed E-state index contributed by atoms with van der Waals surface area (Å²) in [7, 11) is 1.93. The summed E-state index contributed by atoms with van der Waals surface area (Å²) in [6.45, 7) is 2.09. The second kappa shape index (κ2) is 5.27. The van der Waals surface area contributed by atoms with E-state index in [1.54, 1.807) is 6.20 Å². The van der Waals surface area contributed by atoms with E-state index >= 15 is 0 Å². The van der Waals surface area contributed by atoms with Crippen LogP contribution in [0.15, 0.2) is 48.8 Å². The number of nitrogens with one attached hydrogen (secondary N) is 1. The molecular formula is C16H16ClN3. The van der Waals surface area contributed by atoms with Crippen molar-refractivity contribution >= 4 is 17.2 Å². The van der Waals surface area contributed by atoms with Crippen LogP contribution in [0, 0.1) is 0 Å². The molecule has 0 amide bonds. The lowest BCUT2D eigenvalue weighted by molar-refractivity contribution is 0.652. The van der Waals surface area contributed by atoms with E-state index in [1.807, 2.05) is 31.4 Å². The van der Waals surface area contributed by atoms with Crippen LogP contribution in [0.5, 0.6) is 0 Å². The largest absolute Gasteiger partial charge is 0.313 e. The Kier molecular flexibility index (Phi) is 3.47. The topological polar surface area (TPSA) is 29.3 Å². The normalized spacial score (nSPS) is 12.8. The van der Waals surface area contributed by atoms with Crippen molar-refractivity contribution in [3.63, 3.8) is 0 Å². The van der Waals surface area contributed by atoms with Gasteiger partial charge in [0.1, 0.15) is 5.65 Å². The number of rotatable bonds is 3. The van der Waals surface area contributed by atoms with Crippen LogP contribution in [-0.2, 0) is 0 Å². The zero-order chi connectivity index (χ0) is 14.1. The fraction of sp³-hybridized carbons (Fsp3) is 0.188. The van der Waals surface area contributed by atoms with Gasteiger partial charge in [-0.15, -0.1) is 0 Å². The van der Waals surface area contributed by atoms with Gasteiger partial charge < -0.3 is 5.32 Å². The Morgan fingerprint density at radius 1 is 1.25 bits per heavy atom. The summed E-state index contributed by atoms with van der Waals surface area (Å²) < 4.78 is 2.06. The summed E-state index contributed by atoms with van der Waals surface area (Å²) in [6, 6.07) is 12.5. The summed E-state index contributed by atoms with van der Waals surface area (Å²) in [5, 5.41) is 3.99. The Morgan fingerprint density at radius 3 is 2.85 bits per heavy atom. The molecule has 0 radical (unpaired) electrons. The van der Waals surface area contributed by atoms with Gasteiger partial charge in [0.15, 0.2) is 0 Å². The van der Waals surface area contributed by atoms with Crippen molar-refractivity contribution in [3.05, 3.63) is 59.4 Å². The van der Waals surface area contributed by atoms with E-state index < -0.39 is 0 Å². The van der Waals surface area contributed by atoms with Crippen molar-refractivity contribution < 1.29 is 0 Å². The Labute approximate surface area is 123 Å². The minimum atomic E-state index is 0.237. The Hall–Kier alpha value is -1.84. The molecule has 4 heteroatoms. The summed E-state index contributed by atoms with van der Waals surface area (Å²) in [5.41, 5.74) is 4.22. The van der Waals surface area contributed by atoms with Gasteiger partial charge in [-0.1, -0.05) is 29.8 Å². The third-order valence-electron chi connectivity index (χ3n) is 3.62. The summed E-state index contributed by atoms with van der Waals surface area (Å²) in [5.74, 6) is 0. The Bertz CT molecular complexity index is 748. The molecule has 1 N–H and O–H groups in total. The average Bonchev–Trinajstić information content (AvgIpc) is 2.94. The number of hydrogen-bond donors (Lipinski definition) is 1. The molecule has 1 unspecified atom stereocenters. The van der Waals surface area contributed by atoms with Crippen LogP contribution in [0.3, 0.4) is 0 Å². The molecule has 0 aliphatic rings. The summed E-state index contributed by atoms with van der Waals surface area (Å²) in [6.07, 6.45) is 3.76. The van der Waals surface area contributed by atoms with Gasteiger partial charge in [0.2, 0.25) is 0 Å². The third kappa shape index (κ3) is 2.19. The van der Waals surface area contributed by atoms with Gasteiger partial charge in [0, 0.05) is 29.0 Å². The number of imidazole rings is 1. The van der Waals surface area contributed by atoms with Crippen molar-refractivity contribution in [2.24, 2.45) is 0 Å². The van der Waals surface area contributed by atoms with E-state index in [0.29, 0.717) is 0 Å². The maximum Gasteiger partial charge on any atom is 0.137 e. The summed E-state index contributed by atoms with van der Waals surface area (Å²) >= 11 is 6.41. The maximum atomic E-state index is 6.41. The van der Waals surface area contributed by atoms with E-state index in [-0.39, 0.29) is 6.04 Å². The summed E-state index contributed by atoms with van der Waals surface area (Å²) in [4.78, 5) is 4.31. The molecule has 3 nitrogen and oxygen atoms in total. The molecule has 1 aromatic carbocycles. The molecule has 1 atom stereocenters. The van der Waals surface area contributed by atoms with Crippen molar-refractivity contribution in [1.29, 1.82) is 0 Å². The fourth-order valence-electron chi connectivity index (χ4n) is 2.38. The first-order chi connectivity index (χ1) is 9.70. The van der Waals surface area contributed by atoms with Crippen molar-refractivity contribution in [2.45, 2.75) is 13.0 Å². The predicted octanol–water partition coefficient (Wildman–Crippen LogP) is 3.94. The minimum absolute atomic E-state index is 0.237. The van der Waals surface area contributed by atoms with Crippen molar-refractivity contribution in [2.75, 3.05) is 7.05 Å². The maximum absolute atomic E-state index is 6.41. The second-order valence-electron chi connectivity index (χ2n) is 4.81. The average molecular weight is 286 g/mol. The predicted molar refractivity (Wildman–Crippen MR) is 83.1 cm³/mol. The molecule has 102 valence electrons. The van der Waals surface area contributed by atoms with Crippen LogP contribution in [0.1, 0.15) is 18.5 Å². The molecule has 0 fully saturated rings. The standard InChI is InChI=1S/C16H16ClN3/c1-11(18-2)13-7-6-12(10-14(13)17)15-4-3-5-16-19-8-9-20(15)16/h3-11,18H,1-2H3. The molecule has 0 spiro atoms. The molecule has 2 aromatic heterocycles. The number of hydrogen-bond acceptors (Lipinski definition) is 2. The fourth-order valence-corrected chi connectivity index (χ4v) is 2.72. The number of nitrogens with zero attached hydrogens (tertiary/aromatic N) is 2. The SMILES string of the molecule is CNC(C)c1ccc(-c2cccc3nccn23)cc1Cl. The highest BCUT2D eigenvalue weighted by Gasteiger charge is 2.10. The first-order valence-electron chi connectivity index (χ1n) is 6.60. The van der Waals surface area contributed by atoms with Crippen LogP contribution in [0.4, 0.5) is 0 Å². The lowest BCUT2D eigenvalue weighted by Gasteiger charge is -2.14. The van der Waals surface area contributed by atoms with Gasteiger partial charge in [-0.3, -0.25) is 4.40 Å². The van der Waals surface area contributed by atoms with Crippen molar-refractivity contribution in [1.82, 2.24) is 14.7 Å². The van der Waals surface area contributed by atoms with Gasteiger partial charge in [0.25, 0.3) is 0 Å². The molecule has 0 saturated carbocycles. The lowest BCUT2D eigenvalue weighted by Crippen LogP contribution is -2.12. The number of halogens is 1. The molecular weight excluding hydrogens is 270 g/mol. The van der Waals surface area contributed by atoms with E-state index in [0.717, 1.165) is 27.5 Å². The van der Waals surface area contributed by atoms with Gasteiger partial charge >= 0.3 is 0 Å². The number of fused-ring (bicyclic) bond motifs is 1. The first kappa shape index (κ1) is 13.2.